The minimum atomic E-state index is -3.96. The summed E-state index contributed by atoms with van der Waals surface area (Å²) in [5.74, 6) is -0.563. The number of ether oxygens (including phenoxy) is 1. The molecule has 0 aliphatic rings. The molecule has 0 aliphatic carbocycles. The molecular weight excluding hydrogens is 366 g/mol. The molecule has 0 amide bonds. The molecule has 2 aromatic rings. The second-order valence-corrected chi connectivity index (χ2v) is 7.27. The van der Waals surface area contributed by atoms with Gasteiger partial charge in [0.05, 0.1) is 47.2 Å². The van der Waals surface area contributed by atoms with E-state index < -0.39 is 22.0 Å². The summed E-state index contributed by atoms with van der Waals surface area (Å²) in [6.45, 7) is 1.83. The predicted molar refractivity (Wildman–Crippen MR) is 96.6 cm³/mol. The smallest absolute Gasteiger partial charge is 0.307 e. The number of carbonyl (C=O) groups is 1. The maximum atomic E-state index is 12.7. The van der Waals surface area contributed by atoms with E-state index in [-0.39, 0.29) is 17.9 Å². The monoisotopic (exact) mass is 383 g/mol. The Labute approximate surface area is 157 Å². The molecule has 138 valence electrons. The van der Waals surface area contributed by atoms with Crippen LogP contribution in [0, 0.1) is 22.7 Å². The van der Waals surface area contributed by atoms with Crippen LogP contribution in [0.25, 0.3) is 0 Å². The lowest BCUT2D eigenvalue weighted by Gasteiger charge is -2.19. The number of nitriles is 2. The van der Waals surface area contributed by atoms with Crippen LogP contribution in [-0.2, 0) is 19.6 Å². The quantitative estimate of drug-likeness (QED) is 0.733. The topological polar surface area (TPSA) is 120 Å². The molecule has 0 fully saturated rings. The zero-order valence-corrected chi connectivity index (χ0v) is 15.4. The summed E-state index contributed by atoms with van der Waals surface area (Å²) >= 11 is 0. The van der Waals surface area contributed by atoms with Gasteiger partial charge >= 0.3 is 5.97 Å². The van der Waals surface area contributed by atoms with Crippen molar-refractivity contribution in [3.05, 3.63) is 65.2 Å². The van der Waals surface area contributed by atoms with Crippen LogP contribution >= 0.6 is 0 Å². The Balaban J connectivity index is 2.35. The maximum Gasteiger partial charge on any atom is 0.307 e. The van der Waals surface area contributed by atoms with Crippen LogP contribution in [-0.4, -0.2) is 21.0 Å². The van der Waals surface area contributed by atoms with Crippen molar-refractivity contribution in [2.24, 2.45) is 0 Å². The lowest BCUT2D eigenvalue weighted by atomic mass is 10.0. The lowest BCUT2D eigenvalue weighted by molar-refractivity contribution is -0.143. The number of sulfonamides is 1. The highest BCUT2D eigenvalue weighted by Gasteiger charge is 2.24. The molecule has 1 atom stereocenters. The summed E-state index contributed by atoms with van der Waals surface area (Å²) in [5, 5.41) is 17.9. The van der Waals surface area contributed by atoms with Crippen LogP contribution in [0.5, 0.6) is 0 Å². The van der Waals surface area contributed by atoms with Crippen molar-refractivity contribution < 1.29 is 17.9 Å². The molecule has 0 radical (unpaired) electrons. The molecule has 7 nitrogen and oxygen atoms in total. The minimum Gasteiger partial charge on any atom is -0.466 e. The number of hydrogen-bond acceptors (Lipinski definition) is 6. The summed E-state index contributed by atoms with van der Waals surface area (Å²) in [4.78, 5) is 11.9. The van der Waals surface area contributed by atoms with Crippen LogP contribution < -0.4 is 4.72 Å². The van der Waals surface area contributed by atoms with Gasteiger partial charge in [-0.15, -0.1) is 0 Å². The van der Waals surface area contributed by atoms with Gasteiger partial charge in [-0.1, -0.05) is 12.1 Å². The van der Waals surface area contributed by atoms with E-state index in [9.17, 15) is 13.2 Å². The highest BCUT2D eigenvalue weighted by molar-refractivity contribution is 7.89. The number of benzene rings is 2. The van der Waals surface area contributed by atoms with Crippen LogP contribution in [0.3, 0.4) is 0 Å². The molecule has 2 rings (SSSR count). The van der Waals surface area contributed by atoms with E-state index in [1.807, 2.05) is 12.1 Å². The molecule has 27 heavy (non-hydrogen) atoms. The van der Waals surface area contributed by atoms with Crippen LogP contribution in [0.15, 0.2) is 53.4 Å². The first-order valence-corrected chi connectivity index (χ1v) is 9.56. The van der Waals surface area contributed by atoms with E-state index in [2.05, 4.69) is 4.72 Å². The van der Waals surface area contributed by atoms with Gasteiger partial charge in [0, 0.05) is 0 Å². The van der Waals surface area contributed by atoms with Crippen molar-refractivity contribution in [1.82, 2.24) is 4.72 Å². The molecule has 1 unspecified atom stereocenters. The number of nitrogens with one attached hydrogen (secondary N) is 1. The number of rotatable bonds is 7. The molecule has 1 N–H and O–H groups in total. The molecule has 0 heterocycles. The van der Waals surface area contributed by atoms with Gasteiger partial charge in [-0.05, 0) is 48.9 Å². The number of esters is 1. The fourth-order valence-corrected chi connectivity index (χ4v) is 3.63. The van der Waals surface area contributed by atoms with Crippen LogP contribution in [0.1, 0.15) is 36.1 Å². The third-order valence-electron chi connectivity index (χ3n) is 3.69. The van der Waals surface area contributed by atoms with Crippen molar-refractivity contribution in [1.29, 1.82) is 10.5 Å². The molecule has 0 saturated carbocycles. The van der Waals surface area contributed by atoms with E-state index in [1.54, 1.807) is 25.1 Å². The summed E-state index contributed by atoms with van der Waals surface area (Å²) in [6.07, 6.45) is -0.224. The molecule has 0 bridgehead atoms. The summed E-state index contributed by atoms with van der Waals surface area (Å²) in [7, 11) is -3.96. The van der Waals surface area contributed by atoms with Crippen molar-refractivity contribution >= 4 is 16.0 Å². The van der Waals surface area contributed by atoms with Gasteiger partial charge in [-0.25, -0.2) is 13.1 Å². The van der Waals surface area contributed by atoms with Gasteiger partial charge in [0.25, 0.3) is 0 Å². The third kappa shape index (κ3) is 5.38. The molecule has 8 heteroatoms. The number of nitrogens with zero attached hydrogens (tertiary/aromatic N) is 2. The van der Waals surface area contributed by atoms with Gasteiger partial charge in [0.15, 0.2) is 0 Å². The van der Waals surface area contributed by atoms with E-state index in [0.29, 0.717) is 16.7 Å². The first kappa shape index (κ1) is 20.1. The molecule has 0 spiro atoms. The zero-order valence-electron chi connectivity index (χ0n) is 14.5. The van der Waals surface area contributed by atoms with Crippen molar-refractivity contribution in [3.8, 4) is 12.1 Å². The lowest BCUT2D eigenvalue weighted by Crippen LogP contribution is -2.30. The van der Waals surface area contributed by atoms with E-state index in [4.69, 9.17) is 15.3 Å². The summed E-state index contributed by atoms with van der Waals surface area (Å²) in [5.41, 5.74) is 1.15. The highest BCUT2D eigenvalue weighted by Crippen LogP contribution is 2.22. The average Bonchev–Trinajstić information content (AvgIpc) is 2.67. The van der Waals surface area contributed by atoms with Crippen molar-refractivity contribution in [2.45, 2.75) is 24.3 Å². The Morgan fingerprint density at radius 2 is 1.78 bits per heavy atom. The first-order valence-electron chi connectivity index (χ1n) is 8.07. The Morgan fingerprint density at radius 1 is 1.11 bits per heavy atom. The normalized spacial score (nSPS) is 11.8. The maximum absolute atomic E-state index is 12.7. The van der Waals surface area contributed by atoms with E-state index in [0.717, 1.165) is 0 Å². The Bertz CT molecular complexity index is 1000. The fourth-order valence-electron chi connectivity index (χ4n) is 2.40. The first-order chi connectivity index (χ1) is 12.9. The largest absolute Gasteiger partial charge is 0.466 e. The van der Waals surface area contributed by atoms with Gasteiger partial charge in [-0.2, -0.15) is 10.5 Å². The minimum absolute atomic E-state index is 0.0354. The third-order valence-corrected chi connectivity index (χ3v) is 5.17. The zero-order chi connectivity index (χ0) is 19.9. The van der Waals surface area contributed by atoms with Gasteiger partial charge in [-0.3, -0.25) is 4.79 Å². The number of hydrogen-bond donors (Lipinski definition) is 1. The Morgan fingerprint density at radius 3 is 2.37 bits per heavy atom. The Kier molecular flexibility index (Phi) is 6.67. The molecule has 0 saturated heterocycles. The number of carbonyl (C=O) groups excluding carboxylic acids is 1. The Hall–Kier alpha value is -3.20. The fraction of sp³-hybridized carbons (Fsp3) is 0.211. The second kappa shape index (κ2) is 8.95. The molecular formula is C19H17N3O4S. The highest BCUT2D eigenvalue weighted by atomic mass is 32.2. The van der Waals surface area contributed by atoms with E-state index in [1.165, 1.54) is 30.3 Å². The molecule has 0 aromatic heterocycles. The second-order valence-electron chi connectivity index (χ2n) is 5.56. The van der Waals surface area contributed by atoms with Crippen molar-refractivity contribution in [2.75, 3.05) is 6.61 Å². The summed E-state index contributed by atoms with van der Waals surface area (Å²) in [6, 6.07) is 14.8. The molecule has 0 aliphatic heterocycles. The van der Waals surface area contributed by atoms with E-state index >= 15 is 0 Å². The van der Waals surface area contributed by atoms with Gasteiger partial charge < -0.3 is 4.74 Å². The van der Waals surface area contributed by atoms with Gasteiger partial charge in [0.2, 0.25) is 10.0 Å². The SMILES string of the molecule is CCOC(=O)CC(NS(=O)(=O)c1ccc(C#N)cc1)c1cccc(C#N)c1. The van der Waals surface area contributed by atoms with Gasteiger partial charge in [0.1, 0.15) is 0 Å². The predicted octanol–water partition coefficient (Wildman–Crippen LogP) is 2.40. The molecule has 2 aromatic carbocycles. The standard InChI is InChI=1S/C19H17N3O4S/c1-2-26-19(23)11-18(16-5-3-4-15(10-16)13-21)22-27(24,25)17-8-6-14(12-20)7-9-17/h3-10,18,22H,2,11H2,1H3. The van der Waals surface area contributed by atoms with Crippen LogP contribution in [0.2, 0.25) is 0 Å². The summed E-state index contributed by atoms with van der Waals surface area (Å²) < 4.78 is 32.8. The van der Waals surface area contributed by atoms with Crippen molar-refractivity contribution in [3.63, 3.8) is 0 Å². The average molecular weight is 383 g/mol. The van der Waals surface area contributed by atoms with Crippen LogP contribution in [0.4, 0.5) is 0 Å².